The van der Waals surface area contributed by atoms with Gasteiger partial charge in [-0.05, 0) is 43.5 Å². The fourth-order valence-corrected chi connectivity index (χ4v) is 4.91. The Kier molecular flexibility index (Phi) is 8.65. The number of nitrogens with zero attached hydrogens (tertiary/aromatic N) is 5. The number of carbonyl (C=O) groups is 1. The average molecular weight is 575 g/mol. The summed E-state index contributed by atoms with van der Waals surface area (Å²) in [7, 11) is 0. The first kappa shape index (κ1) is 29.3. The van der Waals surface area contributed by atoms with Gasteiger partial charge >= 0.3 is 11.9 Å². The zero-order chi connectivity index (χ0) is 29.2. The summed E-state index contributed by atoms with van der Waals surface area (Å²) in [5, 5.41) is 4.42. The first-order valence-corrected chi connectivity index (χ1v) is 13.2. The van der Waals surface area contributed by atoms with E-state index >= 15 is 0 Å². The summed E-state index contributed by atoms with van der Waals surface area (Å²) in [5.74, 6) is -1.01. The number of nitrogens with two attached hydrogens (primary N) is 1. The number of aromatic nitrogens is 4. The molecule has 0 aliphatic carbocycles. The summed E-state index contributed by atoms with van der Waals surface area (Å²) in [4.78, 5) is 33.8. The predicted octanol–water partition coefficient (Wildman–Crippen LogP) is 5.11. The Morgan fingerprint density at radius 3 is 2.38 bits per heavy atom. The van der Waals surface area contributed by atoms with Crippen molar-refractivity contribution in [2.75, 3.05) is 13.1 Å². The summed E-state index contributed by atoms with van der Waals surface area (Å²) in [6.45, 7) is 5.61. The molecule has 2 N–H and O–H groups in total. The van der Waals surface area contributed by atoms with Gasteiger partial charge in [-0.3, -0.25) is 9.36 Å². The molecular weight excluding hydrogens is 545 g/mol. The van der Waals surface area contributed by atoms with E-state index in [2.05, 4.69) is 5.10 Å². The molecule has 12 heteroatoms. The van der Waals surface area contributed by atoms with Gasteiger partial charge in [0.05, 0.1) is 29.4 Å². The van der Waals surface area contributed by atoms with Crippen LogP contribution in [-0.4, -0.2) is 43.1 Å². The maximum Gasteiger partial charge on any atom is 0.417 e. The van der Waals surface area contributed by atoms with Crippen LogP contribution in [0.4, 0.5) is 13.2 Å². The number of benzene rings is 2. The number of aryl methyl sites for hydroxylation is 1. The Hall–Kier alpha value is -3.70. The molecule has 4 rings (SSSR count). The second-order valence-corrected chi connectivity index (χ2v) is 10.2. The third-order valence-electron chi connectivity index (χ3n) is 6.62. The van der Waals surface area contributed by atoms with Crippen molar-refractivity contribution in [2.45, 2.75) is 46.0 Å². The van der Waals surface area contributed by atoms with E-state index in [0.717, 1.165) is 22.2 Å². The molecule has 1 atom stereocenters. The minimum Gasteiger partial charge on any atom is -0.330 e. The van der Waals surface area contributed by atoms with Crippen LogP contribution in [0.15, 0.2) is 59.4 Å². The lowest BCUT2D eigenvalue weighted by atomic mass is 9.98. The van der Waals surface area contributed by atoms with Crippen molar-refractivity contribution in [3.8, 4) is 0 Å². The molecule has 0 bridgehead atoms. The third-order valence-corrected chi connectivity index (χ3v) is 7.06. The van der Waals surface area contributed by atoms with E-state index in [-0.39, 0.29) is 42.0 Å². The number of hydrogen-bond donors (Lipinski definition) is 1. The van der Waals surface area contributed by atoms with Crippen molar-refractivity contribution in [1.29, 1.82) is 0 Å². The highest BCUT2D eigenvalue weighted by Crippen LogP contribution is 2.35. The molecule has 0 radical (unpaired) electrons. The number of carbonyl (C=O) groups excluding carboxylic acids is 1. The van der Waals surface area contributed by atoms with Crippen LogP contribution in [0.2, 0.25) is 5.02 Å². The highest BCUT2D eigenvalue weighted by atomic mass is 35.5. The van der Waals surface area contributed by atoms with Gasteiger partial charge in [0, 0.05) is 6.54 Å². The van der Waals surface area contributed by atoms with Crippen LogP contribution in [0, 0.1) is 12.8 Å². The molecular formula is C28H30ClF3N6O2. The van der Waals surface area contributed by atoms with E-state index < -0.39 is 34.9 Å². The Labute approximate surface area is 234 Å². The summed E-state index contributed by atoms with van der Waals surface area (Å²) in [5.41, 5.74) is 4.98. The van der Waals surface area contributed by atoms with Crippen molar-refractivity contribution in [2.24, 2.45) is 11.7 Å². The van der Waals surface area contributed by atoms with E-state index in [4.69, 9.17) is 22.3 Å². The number of rotatable bonds is 9. The fraction of sp³-hybridized carbons (Fsp3) is 0.357. The van der Waals surface area contributed by atoms with Crippen LogP contribution >= 0.6 is 11.6 Å². The first-order valence-electron chi connectivity index (χ1n) is 12.8. The first-order chi connectivity index (χ1) is 19.0. The van der Waals surface area contributed by atoms with Gasteiger partial charge in [0.25, 0.3) is 5.91 Å². The Balaban J connectivity index is 1.97. The van der Waals surface area contributed by atoms with Crippen molar-refractivity contribution in [3.63, 3.8) is 0 Å². The van der Waals surface area contributed by atoms with Gasteiger partial charge in [0.1, 0.15) is 10.8 Å². The zero-order valence-corrected chi connectivity index (χ0v) is 23.1. The minimum absolute atomic E-state index is 0.0444. The number of fused-ring (bicyclic) bond motifs is 1. The second-order valence-electron chi connectivity index (χ2n) is 9.83. The Morgan fingerprint density at radius 1 is 1.10 bits per heavy atom. The van der Waals surface area contributed by atoms with E-state index in [1.54, 1.807) is 6.92 Å². The maximum absolute atomic E-state index is 14.0. The normalized spacial score (nSPS) is 12.7. The molecule has 2 aromatic carbocycles. The Bertz CT molecular complexity index is 1570. The molecule has 0 aliphatic rings. The van der Waals surface area contributed by atoms with E-state index in [0.29, 0.717) is 12.1 Å². The van der Waals surface area contributed by atoms with Gasteiger partial charge in [-0.2, -0.15) is 22.8 Å². The number of alkyl halides is 3. The molecule has 0 saturated heterocycles. The zero-order valence-electron chi connectivity index (χ0n) is 22.3. The van der Waals surface area contributed by atoms with Crippen LogP contribution in [-0.2, 0) is 12.7 Å². The summed E-state index contributed by atoms with van der Waals surface area (Å²) < 4.78 is 44.2. The summed E-state index contributed by atoms with van der Waals surface area (Å²) >= 11 is 6.46. The van der Waals surface area contributed by atoms with Crippen molar-refractivity contribution in [3.05, 3.63) is 98.3 Å². The highest BCUT2D eigenvalue weighted by Gasteiger charge is 2.39. The molecule has 212 valence electrons. The fourth-order valence-electron chi connectivity index (χ4n) is 4.74. The number of halogens is 4. The molecule has 1 amide bonds. The maximum atomic E-state index is 14.0. The standard InChI is InChI=1S/C28H30ClF3N6O2/c1-17(2)23(36(15-9-14-33)26(39)20-12-7-8-13-21(20)28(30,31)32)25-34-24-22(29)18(3)35-38(24)27(40)37(25)16-19-10-5-4-6-11-19/h4-8,10-13,17,23H,9,14-16,33H2,1-3H3/t23-/m1/s1. The largest absolute Gasteiger partial charge is 0.417 e. The molecule has 0 saturated carbocycles. The summed E-state index contributed by atoms with van der Waals surface area (Å²) in [6, 6.07) is 12.9. The van der Waals surface area contributed by atoms with E-state index in [9.17, 15) is 22.8 Å². The average Bonchev–Trinajstić information content (AvgIpc) is 3.21. The number of amides is 1. The van der Waals surface area contributed by atoms with Crippen LogP contribution < -0.4 is 11.4 Å². The van der Waals surface area contributed by atoms with Gasteiger partial charge in [0.15, 0.2) is 5.65 Å². The SMILES string of the molecule is Cc1nn2c(=O)n(Cc3ccccc3)c([C@@H](C(C)C)N(CCCN)C(=O)c3ccccc3C(F)(F)F)nc2c1Cl. The van der Waals surface area contributed by atoms with Crippen LogP contribution in [0.5, 0.6) is 0 Å². The monoisotopic (exact) mass is 574 g/mol. The molecule has 0 unspecified atom stereocenters. The van der Waals surface area contributed by atoms with Crippen LogP contribution in [0.1, 0.15) is 59.3 Å². The second kappa shape index (κ2) is 11.8. The van der Waals surface area contributed by atoms with Crippen LogP contribution in [0.25, 0.3) is 5.65 Å². The molecule has 0 aliphatic heterocycles. The van der Waals surface area contributed by atoms with E-state index in [1.165, 1.54) is 21.6 Å². The molecule has 2 heterocycles. The van der Waals surface area contributed by atoms with E-state index in [1.807, 2.05) is 44.2 Å². The topological polar surface area (TPSA) is 98.5 Å². The lowest BCUT2D eigenvalue weighted by Gasteiger charge is -2.35. The molecule has 2 aromatic heterocycles. The quantitative estimate of drug-likeness (QED) is 0.300. The number of hydrogen-bond acceptors (Lipinski definition) is 5. The minimum atomic E-state index is -4.74. The summed E-state index contributed by atoms with van der Waals surface area (Å²) in [6.07, 6.45) is -4.42. The molecule has 8 nitrogen and oxygen atoms in total. The lowest BCUT2D eigenvalue weighted by Crippen LogP contribution is -2.43. The lowest BCUT2D eigenvalue weighted by molar-refractivity contribution is -0.138. The van der Waals surface area contributed by atoms with Crippen LogP contribution in [0.3, 0.4) is 0 Å². The Morgan fingerprint density at radius 2 is 1.75 bits per heavy atom. The van der Waals surface area contributed by atoms with Gasteiger partial charge in [-0.1, -0.05) is 67.9 Å². The third kappa shape index (κ3) is 5.75. The van der Waals surface area contributed by atoms with Crippen molar-refractivity contribution >= 4 is 23.2 Å². The molecule has 0 fully saturated rings. The van der Waals surface area contributed by atoms with Gasteiger partial charge in [-0.15, -0.1) is 0 Å². The predicted molar refractivity (Wildman–Crippen MR) is 146 cm³/mol. The van der Waals surface area contributed by atoms with Crippen molar-refractivity contribution in [1.82, 2.24) is 24.1 Å². The molecule has 4 aromatic rings. The van der Waals surface area contributed by atoms with Gasteiger partial charge < -0.3 is 10.6 Å². The van der Waals surface area contributed by atoms with Crippen molar-refractivity contribution < 1.29 is 18.0 Å². The molecule has 40 heavy (non-hydrogen) atoms. The smallest absolute Gasteiger partial charge is 0.330 e. The molecule has 0 spiro atoms. The van der Waals surface area contributed by atoms with Gasteiger partial charge in [0.2, 0.25) is 0 Å². The highest BCUT2D eigenvalue weighted by molar-refractivity contribution is 6.34. The van der Waals surface area contributed by atoms with Gasteiger partial charge in [-0.25, -0.2) is 9.78 Å².